The van der Waals surface area contributed by atoms with Crippen LogP contribution in [0.4, 0.5) is 14.6 Å². The largest absolute Gasteiger partial charge is 0.366 e. The van der Waals surface area contributed by atoms with E-state index in [4.69, 9.17) is 0 Å². The van der Waals surface area contributed by atoms with E-state index in [0.717, 1.165) is 37.4 Å². The molecule has 1 unspecified atom stereocenters. The van der Waals surface area contributed by atoms with Crippen LogP contribution in [0.3, 0.4) is 0 Å². The summed E-state index contributed by atoms with van der Waals surface area (Å²) in [6, 6.07) is 6.12. The first-order valence-corrected chi connectivity index (χ1v) is 7.82. The summed E-state index contributed by atoms with van der Waals surface area (Å²) < 4.78 is 27.6. The van der Waals surface area contributed by atoms with Gasteiger partial charge in [0.15, 0.2) is 0 Å². The van der Waals surface area contributed by atoms with Crippen LogP contribution in [0.5, 0.6) is 0 Å². The number of benzene rings is 1. The van der Waals surface area contributed by atoms with Gasteiger partial charge in [-0.25, -0.2) is 18.7 Å². The Balaban J connectivity index is 1.64. The van der Waals surface area contributed by atoms with Crippen molar-refractivity contribution in [2.24, 2.45) is 0 Å². The molecule has 6 heteroatoms. The highest BCUT2D eigenvalue weighted by Crippen LogP contribution is 2.20. The van der Waals surface area contributed by atoms with Gasteiger partial charge in [0.25, 0.3) is 0 Å². The third kappa shape index (κ3) is 4.01. The van der Waals surface area contributed by atoms with Gasteiger partial charge < -0.3 is 5.32 Å². The molecule has 0 spiro atoms. The van der Waals surface area contributed by atoms with Crippen molar-refractivity contribution in [2.75, 3.05) is 18.4 Å². The van der Waals surface area contributed by atoms with Crippen LogP contribution in [0.1, 0.15) is 24.1 Å². The maximum atomic E-state index is 13.8. The number of anilines is 1. The summed E-state index contributed by atoms with van der Waals surface area (Å²) >= 11 is 0. The van der Waals surface area contributed by atoms with Gasteiger partial charge in [-0.3, -0.25) is 4.90 Å². The van der Waals surface area contributed by atoms with Crippen molar-refractivity contribution < 1.29 is 8.78 Å². The molecular weight excluding hydrogens is 298 g/mol. The average Bonchev–Trinajstić information content (AvgIpc) is 2.52. The molecule has 1 aliphatic rings. The molecule has 122 valence electrons. The van der Waals surface area contributed by atoms with Crippen LogP contribution in [0.15, 0.2) is 30.6 Å². The minimum absolute atomic E-state index is 0.144. The number of piperidine rings is 1. The van der Waals surface area contributed by atoms with Crippen LogP contribution in [0, 0.1) is 18.6 Å². The van der Waals surface area contributed by atoms with Crippen LogP contribution < -0.4 is 5.32 Å². The Hall–Kier alpha value is -2.08. The highest BCUT2D eigenvalue weighted by atomic mass is 19.1. The van der Waals surface area contributed by atoms with Gasteiger partial charge in [-0.2, -0.15) is 0 Å². The van der Waals surface area contributed by atoms with Crippen molar-refractivity contribution >= 4 is 5.82 Å². The summed E-state index contributed by atoms with van der Waals surface area (Å²) in [5, 5.41) is 3.39. The molecule has 0 radical (unpaired) electrons. The van der Waals surface area contributed by atoms with Crippen LogP contribution in [-0.4, -0.2) is 34.0 Å². The topological polar surface area (TPSA) is 41.0 Å². The maximum absolute atomic E-state index is 13.8. The van der Waals surface area contributed by atoms with Crippen LogP contribution in [0.25, 0.3) is 0 Å². The van der Waals surface area contributed by atoms with E-state index in [2.05, 4.69) is 20.2 Å². The van der Waals surface area contributed by atoms with Crippen LogP contribution in [0.2, 0.25) is 0 Å². The lowest BCUT2D eigenvalue weighted by Crippen LogP contribution is -2.42. The zero-order chi connectivity index (χ0) is 16.2. The fraction of sp³-hybridized carbons (Fsp3) is 0.412. The molecule has 4 nitrogen and oxygen atoms in total. The Morgan fingerprint density at radius 3 is 2.78 bits per heavy atom. The third-order valence-corrected chi connectivity index (χ3v) is 4.10. The molecule has 0 amide bonds. The zero-order valence-corrected chi connectivity index (χ0v) is 13.1. The van der Waals surface area contributed by atoms with E-state index >= 15 is 0 Å². The van der Waals surface area contributed by atoms with E-state index < -0.39 is 11.6 Å². The third-order valence-electron chi connectivity index (χ3n) is 4.10. The van der Waals surface area contributed by atoms with Crippen molar-refractivity contribution in [3.8, 4) is 0 Å². The predicted octanol–water partition coefficient (Wildman–Crippen LogP) is 3.14. The quantitative estimate of drug-likeness (QED) is 0.940. The van der Waals surface area contributed by atoms with Crippen molar-refractivity contribution in [2.45, 2.75) is 32.4 Å². The van der Waals surface area contributed by atoms with Gasteiger partial charge in [0.2, 0.25) is 0 Å². The normalized spacial score (nSPS) is 18.8. The van der Waals surface area contributed by atoms with E-state index in [9.17, 15) is 8.78 Å². The number of hydrogen-bond acceptors (Lipinski definition) is 4. The molecule has 0 saturated carbocycles. The minimum atomic E-state index is -0.480. The molecule has 1 N–H and O–H groups in total. The van der Waals surface area contributed by atoms with Crippen LogP contribution in [-0.2, 0) is 6.54 Å². The second-order valence-electron chi connectivity index (χ2n) is 5.96. The number of rotatable bonds is 4. The van der Waals surface area contributed by atoms with Crippen molar-refractivity contribution in [1.82, 2.24) is 14.9 Å². The predicted molar refractivity (Wildman–Crippen MR) is 85.0 cm³/mol. The molecule has 1 saturated heterocycles. The monoisotopic (exact) mass is 318 g/mol. The molecule has 0 bridgehead atoms. The molecule has 0 aliphatic carbocycles. The SMILES string of the molecule is Cc1cc(NC2CCCN(Cc3c(F)cccc3F)C2)ncn1. The number of aromatic nitrogens is 2. The van der Waals surface area contributed by atoms with E-state index in [1.165, 1.54) is 24.5 Å². The fourth-order valence-electron chi connectivity index (χ4n) is 2.97. The van der Waals surface area contributed by atoms with Gasteiger partial charge in [0, 0.05) is 36.5 Å². The summed E-state index contributed by atoms with van der Waals surface area (Å²) in [5.74, 6) is -0.167. The Kier molecular flexibility index (Phi) is 4.81. The Morgan fingerprint density at radius 2 is 2.04 bits per heavy atom. The fourth-order valence-corrected chi connectivity index (χ4v) is 2.97. The lowest BCUT2D eigenvalue weighted by atomic mass is 10.0. The smallest absolute Gasteiger partial charge is 0.130 e. The lowest BCUT2D eigenvalue weighted by molar-refractivity contribution is 0.203. The van der Waals surface area contributed by atoms with E-state index in [0.29, 0.717) is 6.54 Å². The molecule has 1 aromatic carbocycles. The lowest BCUT2D eigenvalue weighted by Gasteiger charge is -2.33. The minimum Gasteiger partial charge on any atom is -0.366 e. The van der Waals surface area contributed by atoms with Gasteiger partial charge in [0.05, 0.1) is 0 Å². The Labute approximate surface area is 134 Å². The average molecular weight is 318 g/mol. The summed E-state index contributed by atoms with van der Waals surface area (Å²) in [4.78, 5) is 10.4. The van der Waals surface area contributed by atoms with Gasteiger partial charge in [-0.15, -0.1) is 0 Å². The number of nitrogens with zero attached hydrogens (tertiary/aromatic N) is 3. The number of nitrogens with one attached hydrogen (secondary N) is 1. The van der Waals surface area contributed by atoms with Gasteiger partial charge >= 0.3 is 0 Å². The Bertz CT molecular complexity index is 657. The highest BCUT2D eigenvalue weighted by Gasteiger charge is 2.22. The molecule has 3 rings (SSSR count). The second-order valence-corrected chi connectivity index (χ2v) is 5.96. The first-order valence-electron chi connectivity index (χ1n) is 7.82. The van der Waals surface area contributed by atoms with Crippen molar-refractivity contribution in [3.63, 3.8) is 0 Å². The van der Waals surface area contributed by atoms with Crippen molar-refractivity contribution in [1.29, 1.82) is 0 Å². The van der Waals surface area contributed by atoms with E-state index in [-0.39, 0.29) is 11.6 Å². The van der Waals surface area contributed by atoms with Gasteiger partial charge in [0.1, 0.15) is 23.8 Å². The molecule has 2 heterocycles. The van der Waals surface area contributed by atoms with Crippen molar-refractivity contribution in [3.05, 3.63) is 53.5 Å². The first kappa shape index (κ1) is 15.8. The van der Waals surface area contributed by atoms with Gasteiger partial charge in [-0.1, -0.05) is 6.07 Å². The molecule has 1 aliphatic heterocycles. The number of likely N-dealkylation sites (tertiary alicyclic amines) is 1. The molecule has 23 heavy (non-hydrogen) atoms. The number of hydrogen-bond donors (Lipinski definition) is 1. The van der Waals surface area contributed by atoms with E-state index in [1.54, 1.807) is 0 Å². The maximum Gasteiger partial charge on any atom is 0.130 e. The number of aryl methyl sites for hydroxylation is 1. The van der Waals surface area contributed by atoms with Gasteiger partial charge in [-0.05, 0) is 38.4 Å². The molecular formula is C17H20F2N4. The summed E-state index contributed by atoms with van der Waals surface area (Å²) in [5.41, 5.74) is 1.05. The molecule has 1 fully saturated rings. The molecule has 1 atom stereocenters. The standard InChI is InChI=1S/C17H20F2N4/c1-12-8-17(21-11-20-12)22-13-4-3-7-23(9-13)10-14-15(18)5-2-6-16(14)19/h2,5-6,8,11,13H,3-4,7,9-10H2,1H3,(H,20,21,22). The summed E-state index contributed by atoms with van der Waals surface area (Å²) in [6.45, 7) is 3.78. The highest BCUT2D eigenvalue weighted by molar-refractivity contribution is 5.35. The van der Waals surface area contributed by atoms with E-state index in [1.807, 2.05) is 13.0 Å². The number of halogens is 2. The Morgan fingerprint density at radius 1 is 1.26 bits per heavy atom. The van der Waals surface area contributed by atoms with Crippen LogP contribution >= 0.6 is 0 Å². The summed E-state index contributed by atoms with van der Waals surface area (Å²) in [7, 11) is 0. The molecule has 1 aromatic heterocycles. The second kappa shape index (κ2) is 7.00. The zero-order valence-electron chi connectivity index (χ0n) is 13.1. The first-order chi connectivity index (χ1) is 11.1. The molecule has 2 aromatic rings. The summed E-state index contributed by atoms with van der Waals surface area (Å²) in [6.07, 6.45) is 3.53.